The first-order valence-corrected chi connectivity index (χ1v) is 8.81. The molecule has 132 valence electrons. The molecule has 3 atom stereocenters. The van der Waals surface area contributed by atoms with Crippen LogP contribution in [0, 0.1) is 5.92 Å². The smallest absolute Gasteiger partial charge is 0.223 e. The molecule has 3 rings (SSSR count). The molecule has 2 aromatic rings. The molecule has 0 saturated heterocycles. The predicted molar refractivity (Wildman–Crippen MR) is 97.7 cm³/mol. The Morgan fingerprint density at radius 3 is 2.64 bits per heavy atom. The highest BCUT2D eigenvalue weighted by Gasteiger charge is 2.45. The van der Waals surface area contributed by atoms with Gasteiger partial charge in [-0.1, -0.05) is 48.5 Å². The summed E-state index contributed by atoms with van der Waals surface area (Å²) in [6.07, 6.45) is 1.51. The lowest BCUT2D eigenvalue weighted by Gasteiger charge is -2.17. The quantitative estimate of drug-likeness (QED) is 0.777. The number of aliphatic hydroxyl groups excluding tert-OH is 1. The van der Waals surface area contributed by atoms with E-state index < -0.39 is 0 Å². The van der Waals surface area contributed by atoms with Gasteiger partial charge in [-0.05, 0) is 36.0 Å². The van der Waals surface area contributed by atoms with Crippen molar-refractivity contribution in [2.24, 2.45) is 5.92 Å². The molecule has 0 radical (unpaired) electrons. The fraction of sp³-hybridized carbons (Fsp3) is 0.381. The van der Waals surface area contributed by atoms with Crippen molar-refractivity contribution in [1.29, 1.82) is 0 Å². The summed E-state index contributed by atoms with van der Waals surface area (Å²) >= 11 is 0. The van der Waals surface area contributed by atoms with E-state index in [2.05, 4.69) is 5.32 Å². The van der Waals surface area contributed by atoms with Gasteiger partial charge in [0.15, 0.2) is 0 Å². The number of nitrogens with one attached hydrogen (secondary N) is 1. The van der Waals surface area contributed by atoms with Gasteiger partial charge >= 0.3 is 0 Å². The Hall–Kier alpha value is -2.33. The topological polar surface area (TPSA) is 58.6 Å². The largest absolute Gasteiger partial charge is 0.496 e. The molecule has 1 saturated carbocycles. The molecule has 0 aliphatic heterocycles. The molecular formula is C21H25NO3. The van der Waals surface area contributed by atoms with E-state index in [1.807, 2.05) is 54.6 Å². The maximum absolute atomic E-state index is 12.5. The van der Waals surface area contributed by atoms with Crippen molar-refractivity contribution in [3.8, 4) is 5.75 Å². The van der Waals surface area contributed by atoms with E-state index in [9.17, 15) is 9.90 Å². The van der Waals surface area contributed by atoms with Crippen molar-refractivity contribution in [1.82, 2.24) is 5.32 Å². The highest BCUT2D eigenvalue weighted by Crippen LogP contribution is 2.50. The average molecular weight is 339 g/mol. The van der Waals surface area contributed by atoms with Crippen LogP contribution < -0.4 is 10.1 Å². The summed E-state index contributed by atoms with van der Waals surface area (Å²) in [5, 5.41) is 12.4. The molecule has 0 aromatic heterocycles. The summed E-state index contributed by atoms with van der Waals surface area (Å²) in [7, 11) is 1.66. The summed E-state index contributed by atoms with van der Waals surface area (Å²) in [5.74, 6) is 1.34. The molecule has 0 bridgehead atoms. The zero-order chi connectivity index (χ0) is 17.6. The molecule has 0 spiro atoms. The molecule has 25 heavy (non-hydrogen) atoms. The van der Waals surface area contributed by atoms with Gasteiger partial charge < -0.3 is 15.2 Å². The number of carbonyl (C=O) groups excluding carboxylic acids is 1. The van der Waals surface area contributed by atoms with Gasteiger partial charge in [-0.3, -0.25) is 4.79 Å². The second kappa shape index (κ2) is 8.17. The Morgan fingerprint density at radius 2 is 1.92 bits per heavy atom. The Balaban J connectivity index is 1.58. The first-order chi connectivity index (χ1) is 12.2. The van der Waals surface area contributed by atoms with E-state index in [4.69, 9.17) is 4.74 Å². The third kappa shape index (κ3) is 4.20. The Kier molecular flexibility index (Phi) is 5.71. The van der Waals surface area contributed by atoms with Gasteiger partial charge in [0.25, 0.3) is 0 Å². The van der Waals surface area contributed by atoms with Crippen molar-refractivity contribution in [3.63, 3.8) is 0 Å². The minimum Gasteiger partial charge on any atom is -0.496 e. The van der Waals surface area contributed by atoms with Crippen LogP contribution in [0.25, 0.3) is 0 Å². The Labute approximate surface area is 148 Å². The third-order valence-electron chi connectivity index (χ3n) is 4.94. The van der Waals surface area contributed by atoms with Gasteiger partial charge in [0.2, 0.25) is 5.91 Å². The summed E-state index contributed by atoms with van der Waals surface area (Å²) in [6.45, 7) is 0.668. The van der Waals surface area contributed by atoms with Gasteiger partial charge in [0, 0.05) is 25.0 Å². The normalized spacial score (nSPS) is 19.9. The van der Waals surface area contributed by atoms with Crippen molar-refractivity contribution in [3.05, 3.63) is 65.7 Å². The molecule has 1 aliphatic rings. The molecular weight excluding hydrogens is 314 g/mol. The zero-order valence-corrected chi connectivity index (χ0v) is 14.5. The lowest BCUT2D eigenvalue weighted by atomic mass is 9.96. The highest BCUT2D eigenvalue weighted by molar-refractivity contribution is 5.83. The summed E-state index contributed by atoms with van der Waals surface area (Å²) in [5.41, 5.74) is 2.26. The van der Waals surface area contributed by atoms with Crippen LogP contribution >= 0.6 is 0 Å². The standard InChI is InChI=1S/C21H25NO3/c1-25-20-10-6-5-9-17(20)18-13-19(18)21(24)22-14-16(11-12-23)15-7-3-2-4-8-15/h2-10,16,18-19,23H,11-14H2,1H3,(H,22,24). The first-order valence-electron chi connectivity index (χ1n) is 8.81. The Morgan fingerprint density at radius 1 is 1.20 bits per heavy atom. The second-order valence-electron chi connectivity index (χ2n) is 6.56. The molecule has 2 aromatic carbocycles. The number of benzene rings is 2. The number of ether oxygens (including phenoxy) is 1. The number of methoxy groups -OCH3 is 1. The van der Waals surface area contributed by atoms with Crippen LogP contribution in [0.1, 0.15) is 35.8 Å². The van der Waals surface area contributed by atoms with Crippen LogP contribution in [0.3, 0.4) is 0 Å². The number of para-hydroxylation sites is 1. The van der Waals surface area contributed by atoms with E-state index in [0.717, 1.165) is 23.3 Å². The van der Waals surface area contributed by atoms with E-state index in [-0.39, 0.29) is 30.3 Å². The van der Waals surface area contributed by atoms with Crippen molar-refractivity contribution < 1.29 is 14.6 Å². The molecule has 4 heteroatoms. The summed E-state index contributed by atoms with van der Waals surface area (Å²) in [4.78, 5) is 12.5. The Bertz CT molecular complexity index is 701. The number of carbonyl (C=O) groups is 1. The van der Waals surface area contributed by atoms with Crippen LogP contribution in [0.15, 0.2) is 54.6 Å². The summed E-state index contributed by atoms with van der Waals surface area (Å²) < 4.78 is 5.40. The van der Waals surface area contributed by atoms with E-state index >= 15 is 0 Å². The van der Waals surface area contributed by atoms with E-state index in [0.29, 0.717) is 13.0 Å². The van der Waals surface area contributed by atoms with Gasteiger partial charge in [-0.2, -0.15) is 0 Å². The molecule has 0 heterocycles. The summed E-state index contributed by atoms with van der Waals surface area (Å²) in [6, 6.07) is 17.9. The molecule has 2 N–H and O–H groups in total. The fourth-order valence-electron chi connectivity index (χ4n) is 3.42. The van der Waals surface area contributed by atoms with Gasteiger partial charge in [0.05, 0.1) is 7.11 Å². The number of aliphatic hydroxyl groups is 1. The molecule has 4 nitrogen and oxygen atoms in total. The maximum Gasteiger partial charge on any atom is 0.223 e. The van der Waals surface area contributed by atoms with Crippen LogP contribution in [-0.4, -0.2) is 31.3 Å². The first kappa shape index (κ1) is 17.5. The number of hydrogen-bond donors (Lipinski definition) is 2. The van der Waals surface area contributed by atoms with Crippen molar-refractivity contribution >= 4 is 5.91 Å². The minimum atomic E-state index is 0.0156. The number of amides is 1. The fourth-order valence-corrected chi connectivity index (χ4v) is 3.42. The van der Waals surface area contributed by atoms with Crippen LogP contribution in [0.4, 0.5) is 0 Å². The SMILES string of the molecule is COc1ccccc1C1CC1C(=O)NCC(CCO)c1ccccc1. The minimum absolute atomic E-state index is 0.0156. The monoisotopic (exact) mass is 339 g/mol. The predicted octanol–water partition coefficient (Wildman–Crippen LogP) is 3.08. The van der Waals surface area contributed by atoms with Gasteiger partial charge in [0.1, 0.15) is 5.75 Å². The van der Waals surface area contributed by atoms with Crippen molar-refractivity contribution in [2.45, 2.75) is 24.7 Å². The zero-order valence-electron chi connectivity index (χ0n) is 14.5. The molecule has 1 aliphatic carbocycles. The van der Waals surface area contributed by atoms with Crippen LogP contribution in [-0.2, 0) is 4.79 Å². The van der Waals surface area contributed by atoms with Gasteiger partial charge in [-0.15, -0.1) is 0 Å². The average Bonchev–Trinajstić information content (AvgIpc) is 3.46. The maximum atomic E-state index is 12.5. The van der Waals surface area contributed by atoms with Crippen molar-refractivity contribution in [2.75, 3.05) is 20.3 Å². The number of rotatable bonds is 8. The number of hydrogen-bond acceptors (Lipinski definition) is 3. The van der Waals surface area contributed by atoms with E-state index in [1.54, 1.807) is 7.11 Å². The van der Waals surface area contributed by atoms with Crippen LogP contribution in [0.2, 0.25) is 0 Å². The van der Waals surface area contributed by atoms with Crippen LogP contribution in [0.5, 0.6) is 5.75 Å². The van der Waals surface area contributed by atoms with Gasteiger partial charge in [-0.25, -0.2) is 0 Å². The second-order valence-corrected chi connectivity index (χ2v) is 6.56. The lowest BCUT2D eigenvalue weighted by molar-refractivity contribution is -0.122. The lowest BCUT2D eigenvalue weighted by Crippen LogP contribution is -2.30. The highest BCUT2D eigenvalue weighted by atomic mass is 16.5. The third-order valence-corrected chi connectivity index (χ3v) is 4.94. The molecule has 1 fully saturated rings. The molecule has 1 amide bonds. The van der Waals surface area contributed by atoms with E-state index in [1.165, 1.54) is 0 Å². The molecule has 3 unspecified atom stereocenters.